The number of benzene rings is 1. The zero-order valence-corrected chi connectivity index (χ0v) is 10.9. The third kappa shape index (κ3) is 3.41. The van der Waals surface area contributed by atoms with Crippen molar-refractivity contribution in [2.24, 2.45) is 5.92 Å². The minimum Gasteiger partial charge on any atom is -0.379 e. The summed E-state index contributed by atoms with van der Waals surface area (Å²) < 4.78 is 13.4. The number of hydrogen-bond acceptors (Lipinski definition) is 4. The Morgan fingerprint density at radius 2 is 2.16 bits per heavy atom. The van der Waals surface area contributed by atoms with E-state index in [1.54, 1.807) is 6.92 Å². The van der Waals surface area contributed by atoms with Crippen LogP contribution in [0.3, 0.4) is 0 Å². The molecule has 6 heteroatoms. The molecular weight excluding hydrogens is 249 g/mol. The maximum atomic E-state index is 13.4. The van der Waals surface area contributed by atoms with Gasteiger partial charge in [-0.05, 0) is 50.4 Å². The highest BCUT2D eigenvalue weighted by atomic mass is 19.1. The summed E-state index contributed by atoms with van der Waals surface area (Å²) >= 11 is 0. The van der Waals surface area contributed by atoms with Crippen LogP contribution in [0.1, 0.15) is 18.4 Å². The molecule has 1 heterocycles. The van der Waals surface area contributed by atoms with E-state index in [1.807, 2.05) is 0 Å². The molecule has 0 spiro atoms. The molecule has 1 aromatic rings. The summed E-state index contributed by atoms with van der Waals surface area (Å²) in [5.41, 5.74) is 0.623. The van der Waals surface area contributed by atoms with Gasteiger partial charge in [-0.15, -0.1) is 0 Å². The van der Waals surface area contributed by atoms with Crippen LogP contribution in [-0.2, 0) is 0 Å². The highest BCUT2D eigenvalue weighted by Crippen LogP contribution is 2.28. The number of nitrogens with one attached hydrogen (secondary N) is 2. The lowest BCUT2D eigenvalue weighted by atomic mass is 9.98. The first-order valence-electron chi connectivity index (χ1n) is 6.47. The van der Waals surface area contributed by atoms with E-state index in [-0.39, 0.29) is 5.69 Å². The maximum Gasteiger partial charge on any atom is 0.295 e. The van der Waals surface area contributed by atoms with Crippen molar-refractivity contribution in [1.82, 2.24) is 5.32 Å². The van der Waals surface area contributed by atoms with Crippen LogP contribution in [0.2, 0.25) is 0 Å². The molecule has 0 radical (unpaired) electrons. The molecule has 5 nitrogen and oxygen atoms in total. The quantitative estimate of drug-likeness (QED) is 0.649. The lowest BCUT2D eigenvalue weighted by molar-refractivity contribution is -0.384. The van der Waals surface area contributed by atoms with Gasteiger partial charge in [0, 0.05) is 6.54 Å². The number of nitrogens with zero attached hydrogens (tertiary/aromatic N) is 1. The number of hydrogen-bond donors (Lipinski definition) is 2. The zero-order valence-electron chi connectivity index (χ0n) is 10.9. The number of nitro benzene ring substituents is 1. The van der Waals surface area contributed by atoms with Crippen molar-refractivity contribution in [2.75, 3.05) is 25.0 Å². The minimum absolute atomic E-state index is 0.197. The fraction of sp³-hybridized carbons (Fsp3) is 0.538. The van der Waals surface area contributed by atoms with Gasteiger partial charge in [-0.3, -0.25) is 10.1 Å². The Bertz CT molecular complexity index is 473. The van der Waals surface area contributed by atoms with E-state index in [2.05, 4.69) is 10.6 Å². The first kappa shape index (κ1) is 13.7. The van der Waals surface area contributed by atoms with Crippen molar-refractivity contribution in [2.45, 2.75) is 19.8 Å². The summed E-state index contributed by atoms with van der Waals surface area (Å²) in [6.45, 7) is 4.26. The first-order valence-corrected chi connectivity index (χ1v) is 6.47. The Morgan fingerprint density at radius 3 is 2.79 bits per heavy atom. The molecule has 1 aromatic carbocycles. The van der Waals surface area contributed by atoms with Gasteiger partial charge in [0.25, 0.3) is 5.69 Å². The van der Waals surface area contributed by atoms with Crippen molar-refractivity contribution in [3.05, 3.63) is 33.6 Å². The van der Waals surface area contributed by atoms with E-state index in [4.69, 9.17) is 0 Å². The molecule has 1 aliphatic rings. The number of anilines is 1. The van der Waals surface area contributed by atoms with Gasteiger partial charge in [0.1, 0.15) is 11.5 Å². The molecular formula is C13H18FN3O2. The summed E-state index contributed by atoms with van der Waals surface area (Å²) in [7, 11) is 0. The number of halogens is 1. The van der Waals surface area contributed by atoms with Gasteiger partial charge in [-0.25, -0.2) is 4.39 Å². The Hall–Kier alpha value is -1.69. The van der Waals surface area contributed by atoms with Crippen LogP contribution in [0, 0.1) is 28.8 Å². The molecule has 1 saturated heterocycles. The maximum absolute atomic E-state index is 13.4. The molecule has 0 bridgehead atoms. The van der Waals surface area contributed by atoms with Crippen LogP contribution >= 0.6 is 0 Å². The van der Waals surface area contributed by atoms with Crippen molar-refractivity contribution >= 4 is 11.4 Å². The second-order valence-corrected chi connectivity index (χ2v) is 4.95. The number of nitro groups is 1. The third-order valence-corrected chi connectivity index (χ3v) is 3.51. The predicted octanol–water partition coefficient (Wildman–Crippen LogP) is 2.45. The standard InChI is InChI=1S/C13H18FN3O2/c1-9-6-12(13(17(18)19)7-11(9)14)16-8-10-2-4-15-5-3-10/h6-7,10,15-16H,2-5,8H2,1H3. The van der Waals surface area contributed by atoms with Crippen LogP contribution in [0.4, 0.5) is 15.8 Å². The highest BCUT2D eigenvalue weighted by molar-refractivity contribution is 5.63. The van der Waals surface area contributed by atoms with Crippen LogP contribution < -0.4 is 10.6 Å². The van der Waals surface area contributed by atoms with Gasteiger partial charge in [0.15, 0.2) is 0 Å². The van der Waals surface area contributed by atoms with Crippen molar-refractivity contribution in [3.63, 3.8) is 0 Å². The number of rotatable bonds is 4. The fourth-order valence-corrected chi connectivity index (χ4v) is 2.30. The SMILES string of the molecule is Cc1cc(NCC2CCNCC2)c([N+](=O)[O-])cc1F. The van der Waals surface area contributed by atoms with Crippen molar-refractivity contribution < 1.29 is 9.31 Å². The molecule has 19 heavy (non-hydrogen) atoms. The van der Waals surface area contributed by atoms with E-state index < -0.39 is 10.7 Å². The lowest BCUT2D eigenvalue weighted by Gasteiger charge is -2.23. The molecule has 104 valence electrons. The van der Waals surface area contributed by atoms with Crippen molar-refractivity contribution in [3.8, 4) is 0 Å². The van der Waals surface area contributed by atoms with Crippen LogP contribution in [0.5, 0.6) is 0 Å². The molecule has 0 saturated carbocycles. The smallest absolute Gasteiger partial charge is 0.295 e. The molecule has 0 amide bonds. The van der Waals surface area contributed by atoms with E-state index in [0.717, 1.165) is 32.0 Å². The van der Waals surface area contributed by atoms with Crippen LogP contribution in [0.25, 0.3) is 0 Å². The molecule has 0 aliphatic carbocycles. The van der Waals surface area contributed by atoms with E-state index in [1.165, 1.54) is 6.07 Å². The molecule has 0 atom stereocenters. The summed E-state index contributed by atoms with van der Waals surface area (Å²) in [4.78, 5) is 10.4. The molecule has 2 N–H and O–H groups in total. The molecule has 0 aromatic heterocycles. The molecule has 1 aliphatic heterocycles. The Balaban J connectivity index is 2.09. The molecule has 1 fully saturated rings. The highest BCUT2D eigenvalue weighted by Gasteiger charge is 2.19. The lowest BCUT2D eigenvalue weighted by Crippen LogP contribution is -2.31. The summed E-state index contributed by atoms with van der Waals surface area (Å²) in [5.74, 6) is -0.0367. The Morgan fingerprint density at radius 1 is 1.47 bits per heavy atom. The topological polar surface area (TPSA) is 67.2 Å². The van der Waals surface area contributed by atoms with E-state index in [0.29, 0.717) is 23.7 Å². The molecule has 0 unspecified atom stereocenters. The first-order chi connectivity index (χ1) is 9.08. The third-order valence-electron chi connectivity index (χ3n) is 3.51. The predicted molar refractivity (Wildman–Crippen MR) is 71.9 cm³/mol. The van der Waals surface area contributed by atoms with Gasteiger partial charge < -0.3 is 10.6 Å². The minimum atomic E-state index is -0.548. The number of aryl methyl sites for hydroxylation is 1. The monoisotopic (exact) mass is 267 g/mol. The largest absolute Gasteiger partial charge is 0.379 e. The second-order valence-electron chi connectivity index (χ2n) is 4.95. The summed E-state index contributed by atoms with van der Waals surface area (Å²) in [5, 5.41) is 17.3. The number of piperidine rings is 1. The van der Waals surface area contributed by atoms with Gasteiger partial charge in [-0.1, -0.05) is 0 Å². The normalized spacial score (nSPS) is 16.3. The van der Waals surface area contributed by atoms with Crippen LogP contribution in [-0.4, -0.2) is 24.6 Å². The van der Waals surface area contributed by atoms with E-state index >= 15 is 0 Å². The van der Waals surface area contributed by atoms with Gasteiger partial charge in [-0.2, -0.15) is 0 Å². The second kappa shape index (κ2) is 5.97. The summed E-state index contributed by atoms with van der Waals surface area (Å²) in [6.07, 6.45) is 2.11. The fourth-order valence-electron chi connectivity index (χ4n) is 2.30. The Kier molecular flexibility index (Phi) is 4.31. The zero-order chi connectivity index (χ0) is 13.8. The van der Waals surface area contributed by atoms with Gasteiger partial charge in [0.2, 0.25) is 0 Å². The van der Waals surface area contributed by atoms with E-state index in [9.17, 15) is 14.5 Å². The average Bonchev–Trinajstić information content (AvgIpc) is 2.40. The molecule has 2 rings (SSSR count). The Labute approximate surface area is 111 Å². The van der Waals surface area contributed by atoms with Crippen LogP contribution in [0.15, 0.2) is 12.1 Å². The van der Waals surface area contributed by atoms with Gasteiger partial charge >= 0.3 is 0 Å². The van der Waals surface area contributed by atoms with Gasteiger partial charge in [0.05, 0.1) is 11.0 Å². The van der Waals surface area contributed by atoms with Crippen molar-refractivity contribution in [1.29, 1.82) is 0 Å². The summed E-state index contributed by atoms with van der Waals surface area (Å²) in [6, 6.07) is 2.49. The average molecular weight is 267 g/mol.